The smallest absolute Gasteiger partial charge is 0.251 e. The molecule has 4 rings (SSSR count). The summed E-state index contributed by atoms with van der Waals surface area (Å²) in [6.07, 6.45) is 6.90. The zero-order valence-corrected chi connectivity index (χ0v) is 15.7. The van der Waals surface area contributed by atoms with Crippen LogP contribution in [-0.4, -0.2) is 73.9 Å². The van der Waals surface area contributed by atoms with E-state index in [9.17, 15) is 4.79 Å². The molecule has 4 heterocycles. The van der Waals surface area contributed by atoms with Crippen LogP contribution in [0.5, 0.6) is 0 Å². The summed E-state index contributed by atoms with van der Waals surface area (Å²) in [5.74, 6) is 2.38. The van der Waals surface area contributed by atoms with Gasteiger partial charge in [0, 0.05) is 39.4 Å². The number of hydrogen-bond donors (Lipinski definition) is 0. The highest BCUT2D eigenvalue weighted by molar-refractivity contribution is 5.81. The second-order valence-electron chi connectivity index (χ2n) is 8.77. The van der Waals surface area contributed by atoms with Crippen LogP contribution in [0, 0.1) is 17.8 Å². The molecule has 0 aromatic rings. The molecular weight excluding hydrogens is 316 g/mol. The van der Waals surface area contributed by atoms with Gasteiger partial charge in [0.15, 0.2) is 0 Å². The number of nitrogens with zero attached hydrogens (tertiary/aromatic N) is 2. The zero-order valence-electron chi connectivity index (χ0n) is 15.7. The third kappa shape index (κ3) is 4.20. The van der Waals surface area contributed by atoms with Crippen molar-refractivity contribution < 1.29 is 14.3 Å². The third-order valence-corrected chi connectivity index (χ3v) is 6.86. The normalized spacial score (nSPS) is 35.7. The first-order valence-electron chi connectivity index (χ1n) is 10.4. The molecule has 4 aliphatic heterocycles. The fraction of sp³-hybridized carbons (Fsp3) is 0.950. The minimum Gasteiger partial charge on any atom is -0.381 e. The van der Waals surface area contributed by atoms with Gasteiger partial charge in [-0.05, 0) is 62.8 Å². The largest absolute Gasteiger partial charge is 0.381 e. The van der Waals surface area contributed by atoms with Crippen molar-refractivity contribution in [2.75, 3.05) is 45.9 Å². The first-order valence-corrected chi connectivity index (χ1v) is 10.4. The molecule has 0 bridgehead atoms. The first kappa shape index (κ1) is 17.7. The highest BCUT2D eigenvalue weighted by atomic mass is 16.5. The molecule has 142 valence electrons. The Balaban J connectivity index is 1.27. The molecule has 4 aliphatic rings. The molecule has 0 radical (unpaired) electrons. The monoisotopic (exact) mass is 350 g/mol. The van der Waals surface area contributed by atoms with E-state index in [0.717, 1.165) is 63.9 Å². The quantitative estimate of drug-likeness (QED) is 0.782. The number of piperidine rings is 2. The maximum atomic E-state index is 12.8. The lowest BCUT2D eigenvalue weighted by Crippen LogP contribution is -2.45. The number of carbonyl (C=O) groups is 1. The summed E-state index contributed by atoms with van der Waals surface area (Å²) >= 11 is 0. The van der Waals surface area contributed by atoms with E-state index in [0.29, 0.717) is 5.92 Å². The molecule has 0 saturated carbocycles. The van der Waals surface area contributed by atoms with Crippen molar-refractivity contribution >= 4 is 5.91 Å². The van der Waals surface area contributed by atoms with Crippen LogP contribution in [0.1, 0.15) is 45.4 Å². The summed E-state index contributed by atoms with van der Waals surface area (Å²) < 4.78 is 11.7. The van der Waals surface area contributed by atoms with Gasteiger partial charge in [0.05, 0.1) is 6.10 Å². The fourth-order valence-electron chi connectivity index (χ4n) is 5.05. The summed E-state index contributed by atoms with van der Waals surface area (Å²) in [7, 11) is 0. The van der Waals surface area contributed by atoms with Gasteiger partial charge in [0.2, 0.25) is 0 Å². The van der Waals surface area contributed by atoms with E-state index >= 15 is 0 Å². The average molecular weight is 351 g/mol. The van der Waals surface area contributed by atoms with Crippen molar-refractivity contribution in [1.82, 2.24) is 9.80 Å². The van der Waals surface area contributed by atoms with Crippen LogP contribution in [0.15, 0.2) is 0 Å². The van der Waals surface area contributed by atoms with Gasteiger partial charge >= 0.3 is 0 Å². The molecule has 4 fully saturated rings. The first-order chi connectivity index (χ1) is 12.2. The van der Waals surface area contributed by atoms with E-state index in [1.165, 1.54) is 32.4 Å². The Bertz CT molecular complexity index is 458. The number of amides is 1. The average Bonchev–Trinajstić information content (AvgIpc) is 3.06. The summed E-state index contributed by atoms with van der Waals surface area (Å²) in [6, 6.07) is 0. The van der Waals surface area contributed by atoms with Gasteiger partial charge < -0.3 is 19.3 Å². The number of likely N-dealkylation sites (tertiary alicyclic amines) is 2. The van der Waals surface area contributed by atoms with Crippen LogP contribution in [0.3, 0.4) is 0 Å². The lowest BCUT2D eigenvalue weighted by molar-refractivity contribution is -0.145. The van der Waals surface area contributed by atoms with Gasteiger partial charge in [-0.2, -0.15) is 0 Å². The molecule has 3 atom stereocenters. The summed E-state index contributed by atoms with van der Waals surface area (Å²) in [6.45, 7) is 9.34. The van der Waals surface area contributed by atoms with Crippen molar-refractivity contribution in [3.8, 4) is 0 Å². The van der Waals surface area contributed by atoms with Gasteiger partial charge in [-0.1, -0.05) is 6.92 Å². The van der Waals surface area contributed by atoms with Crippen molar-refractivity contribution in [3.63, 3.8) is 0 Å². The molecule has 25 heavy (non-hydrogen) atoms. The Morgan fingerprint density at radius 1 is 1.04 bits per heavy atom. The van der Waals surface area contributed by atoms with E-state index < -0.39 is 0 Å². The van der Waals surface area contributed by atoms with Crippen LogP contribution in [0.25, 0.3) is 0 Å². The predicted molar refractivity (Wildman–Crippen MR) is 96.3 cm³/mol. The number of carbonyl (C=O) groups excluding carboxylic acids is 1. The maximum Gasteiger partial charge on any atom is 0.251 e. The van der Waals surface area contributed by atoms with Crippen molar-refractivity contribution in [2.24, 2.45) is 17.8 Å². The minimum absolute atomic E-state index is 0.175. The van der Waals surface area contributed by atoms with Crippen molar-refractivity contribution in [1.29, 1.82) is 0 Å². The highest BCUT2D eigenvalue weighted by Crippen LogP contribution is 2.35. The summed E-state index contributed by atoms with van der Waals surface area (Å²) in [4.78, 5) is 17.5. The van der Waals surface area contributed by atoms with E-state index in [4.69, 9.17) is 9.47 Å². The second kappa shape index (κ2) is 7.93. The number of rotatable bonds is 3. The standard InChI is InChI=1S/C20H34N2O3/c1-15-2-8-22(9-3-15)20(23)18-12-17-4-7-21(14-19(17)25-18)13-16-5-10-24-11-6-16/h15-19H,2-14H2,1H3/t17-,18-,19-/m0/s1. The molecule has 0 unspecified atom stereocenters. The molecule has 4 saturated heterocycles. The van der Waals surface area contributed by atoms with Crippen LogP contribution < -0.4 is 0 Å². The number of fused-ring (bicyclic) bond motifs is 1. The Labute approximate surface area is 152 Å². The van der Waals surface area contributed by atoms with E-state index in [1.54, 1.807) is 0 Å². The van der Waals surface area contributed by atoms with E-state index in [1.807, 2.05) is 0 Å². The summed E-state index contributed by atoms with van der Waals surface area (Å²) in [5.41, 5.74) is 0. The van der Waals surface area contributed by atoms with Crippen molar-refractivity contribution in [2.45, 2.75) is 57.7 Å². The lowest BCUT2D eigenvalue weighted by atomic mass is 9.90. The molecule has 0 aromatic carbocycles. The molecule has 0 aromatic heterocycles. The molecule has 0 N–H and O–H groups in total. The van der Waals surface area contributed by atoms with Crippen LogP contribution >= 0.6 is 0 Å². The Morgan fingerprint density at radius 2 is 1.80 bits per heavy atom. The Morgan fingerprint density at radius 3 is 2.56 bits per heavy atom. The van der Waals surface area contributed by atoms with Gasteiger partial charge in [-0.15, -0.1) is 0 Å². The number of hydrogen-bond acceptors (Lipinski definition) is 4. The lowest BCUT2D eigenvalue weighted by Gasteiger charge is -2.37. The van der Waals surface area contributed by atoms with Gasteiger partial charge in [0.1, 0.15) is 6.10 Å². The van der Waals surface area contributed by atoms with Gasteiger partial charge in [-0.3, -0.25) is 4.79 Å². The van der Waals surface area contributed by atoms with Crippen molar-refractivity contribution in [3.05, 3.63) is 0 Å². The SMILES string of the molecule is CC1CCN(C(=O)[C@@H]2C[C@@H]3CCN(CC4CCOCC4)C[C@@H]3O2)CC1. The fourth-order valence-corrected chi connectivity index (χ4v) is 5.05. The van der Waals surface area contributed by atoms with E-state index in [-0.39, 0.29) is 18.1 Å². The minimum atomic E-state index is -0.175. The Kier molecular flexibility index (Phi) is 5.63. The molecule has 0 aliphatic carbocycles. The third-order valence-electron chi connectivity index (χ3n) is 6.86. The highest BCUT2D eigenvalue weighted by Gasteiger charge is 2.43. The molecule has 5 heteroatoms. The van der Waals surface area contributed by atoms with Crippen LogP contribution in [-0.2, 0) is 14.3 Å². The summed E-state index contributed by atoms with van der Waals surface area (Å²) in [5, 5.41) is 0. The van der Waals surface area contributed by atoms with Crippen LogP contribution in [0.4, 0.5) is 0 Å². The Hall–Kier alpha value is -0.650. The zero-order chi connectivity index (χ0) is 17.2. The topological polar surface area (TPSA) is 42.0 Å². The van der Waals surface area contributed by atoms with E-state index in [2.05, 4.69) is 16.7 Å². The second-order valence-corrected chi connectivity index (χ2v) is 8.77. The molecular formula is C20H34N2O3. The van der Waals surface area contributed by atoms with Gasteiger partial charge in [0.25, 0.3) is 5.91 Å². The molecule has 1 amide bonds. The van der Waals surface area contributed by atoms with Crippen LogP contribution in [0.2, 0.25) is 0 Å². The number of ether oxygens (including phenoxy) is 2. The molecule has 0 spiro atoms. The maximum absolute atomic E-state index is 12.8. The molecule has 5 nitrogen and oxygen atoms in total. The predicted octanol–water partition coefficient (Wildman–Crippen LogP) is 2.15. The van der Waals surface area contributed by atoms with Gasteiger partial charge in [-0.25, -0.2) is 0 Å².